The van der Waals surface area contributed by atoms with Crippen LogP contribution < -0.4 is 14.2 Å². The minimum atomic E-state index is -0.368. The molecule has 0 radical (unpaired) electrons. The van der Waals surface area contributed by atoms with Crippen molar-refractivity contribution in [1.29, 1.82) is 0 Å². The van der Waals surface area contributed by atoms with Gasteiger partial charge in [0.25, 0.3) is 0 Å². The van der Waals surface area contributed by atoms with Crippen molar-refractivity contribution < 1.29 is 23.7 Å². The van der Waals surface area contributed by atoms with Crippen LogP contribution in [0.25, 0.3) is 0 Å². The molecule has 8 heteroatoms. The third kappa shape index (κ3) is 5.40. The Hall–Kier alpha value is -2.51. The third-order valence-corrected chi connectivity index (χ3v) is 5.69. The van der Waals surface area contributed by atoms with Crippen LogP contribution in [0.3, 0.4) is 0 Å². The molecular formula is C23H29ClN2O5. The Morgan fingerprint density at radius 2 is 1.74 bits per heavy atom. The molecule has 168 valence electrons. The van der Waals surface area contributed by atoms with Gasteiger partial charge in [-0.1, -0.05) is 11.6 Å². The summed E-state index contributed by atoms with van der Waals surface area (Å²) in [7, 11) is 4.83. The number of carbonyl (C=O) groups excluding carboxylic acids is 1. The number of piperidine rings is 1. The van der Waals surface area contributed by atoms with Crippen LogP contribution in [-0.2, 0) is 11.3 Å². The van der Waals surface area contributed by atoms with Gasteiger partial charge in [-0.25, -0.2) is 4.79 Å². The van der Waals surface area contributed by atoms with Crippen molar-refractivity contribution in [3.8, 4) is 17.2 Å². The van der Waals surface area contributed by atoms with Crippen LogP contribution in [0.5, 0.6) is 17.2 Å². The van der Waals surface area contributed by atoms with Gasteiger partial charge >= 0.3 is 5.97 Å². The van der Waals surface area contributed by atoms with Gasteiger partial charge in [0.2, 0.25) is 5.75 Å². The van der Waals surface area contributed by atoms with Gasteiger partial charge in [0.05, 0.1) is 44.2 Å². The monoisotopic (exact) mass is 448 g/mol. The first-order chi connectivity index (χ1) is 15.0. The zero-order chi connectivity index (χ0) is 22.4. The van der Waals surface area contributed by atoms with Gasteiger partial charge in [0, 0.05) is 18.7 Å². The molecule has 2 heterocycles. The standard InChI is InChI=1S/C23H29ClN2O5/c1-5-31-23(27)18-12-17(24)13-25-21(18)16-6-8-26(9-7-16)14-15-10-19(28-2)22(30-4)20(11-15)29-3/h10-13,16H,5-9,14H2,1-4H3. The molecule has 0 atom stereocenters. The zero-order valence-electron chi connectivity index (χ0n) is 18.4. The van der Waals surface area contributed by atoms with E-state index in [0.29, 0.717) is 34.4 Å². The first-order valence-electron chi connectivity index (χ1n) is 10.3. The van der Waals surface area contributed by atoms with Gasteiger partial charge in [0.1, 0.15) is 0 Å². The molecule has 1 aromatic carbocycles. The van der Waals surface area contributed by atoms with Crippen molar-refractivity contribution in [2.45, 2.75) is 32.2 Å². The molecule has 0 aliphatic carbocycles. The van der Waals surface area contributed by atoms with Crippen LogP contribution in [-0.4, -0.2) is 56.9 Å². The van der Waals surface area contributed by atoms with E-state index in [1.165, 1.54) is 0 Å². The van der Waals surface area contributed by atoms with Crippen molar-refractivity contribution >= 4 is 17.6 Å². The maximum absolute atomic E-state index is 12.4. The predicted molar refractivity (Wildman–Crippen MR) is 119 cm³/mol. The summed E-state index contributed by atoms with van der Waals surface area (Å²) in [5.41, 5.74) is 2.33. The number of esters is 1. The summed E-state index contributed by atoms with van der Waals surface area (Å²) in [4.78, 5) is 19.2. The van der Waals surface area contributed by atoms with E-state index in [9.17, 15) is 4.79 Å². The second kappa shape index (κ2) is 10.7. The average molecular weight is 449 g/mol. The Bertz CT molecular complexity index is 888. The molecule has 0 amide bonds. The van der Waals surface area contributed by atoms with Crippen molar-refractivity contribution in [2.75, 3.05) is 41.0 Å². The Morgan fingerprint density at radius 1 is 1.10 bits per heavy atom. The van der Waals surface area contributed by atoms with E-state index >= 15 is 0 Å². The fraction of sp³-hybridized carbons (Fsp3) is 0.478. The first kappa shape index (κ1) is 23.2. The Balaban J connectivity index is 1.70. The highest BCUT2D eigenvalue weighted by Gasteiger charge is 2.27. The number of carbonyl (C=O) groups is 1. The molecule has 0 spiro atoms. The summed E-state index contributed by atoms with van der Waals surface area (Å²) in [5, 5.41) is 0.437. The molecular weight excluding hydrogens is 420 g/mol. The summed E-state index contributed by atoms with van der Waals surface area (Å²) in [6.45, 7) is 4.64. The van der Waals surface area contributed by atoms with Crippen LogP contribution in [0.2, 0.25) is 5.02 Å². The summed E-state index contributed by atoms with van der Waals surface area (Å²) < 4.78 is 21.5. The quantitative estimate of drug-likeness (QED) is 0.557. The largest absolute Gasteiger partial charge is 0.493 e. The highest BCUT2D eigenvalue weighted by atomic mass is 35.5. The number of pyridine rings is 1. The van der Waals surface area contributed by atoms with Crippen LogP contribution in [0.4, 0.5) is 0 Å². The summed E-state index contributed by atoms with van der Waals surface area (Å²) in [5.74, 6) is 1.71. The minimum Gasteiger partial charge on any atom is -0.493 e. The van der Waals surface area contributed by atoms with E-state index in [-0.39, 0.29) is 11.9 Å². The molecule has 7 nitrogen and oxygen atoms in total. The average Bonchev–Trinajstić information content (AvgIpc) is 2.79. The second-order valence-electron chi connectivity index (χ2n) is 7.39. The molecule has 1 aromatic heterocycles. The van der Waals surface area contributed by atoms with Gasteiger partial charge in [-0.3, -0.25) is 9.88 Å². The number of benzene rings is 1. The molecule has 0 N–H and O–H groups in total. The van der Waals surface area contributed by atoms with Gasteiger partial charge in [-0.2, -0.15) is 0 Å². The molecule has 0 saturated carbocycles. The molecule has 1 fully saturated rings. The van der Waals surface area contributed by atoms with Crippen molar-refractivity contribution in [3.05, 3.63) is 46.2 Å². The van der Waals surface area contributed by atoms with E-state index < -0.39 is 0 Å². The van der Waals surface area contributed by atoms with E-state index in [0.717, 1.165) is 43.7 Å². The highest BCUT2D eigenvalue weighted by molar-refractivity contribution is 6.30. The van der Waals surface area contributed by atoms with Gasteiger partial charge in [0.15, 0.2) is 11.5 Å². The van der Waals surface area contributed by atoms with Crippen LogP contribution in [0.15, 0.2) is 24.4 Å². The minimum absolute atomic E-state index is 0.188. The summed E-state index contributed by atoms with van der Waals surface area (Å²) in [6, 6.07) is 5.62. The number of hydrogen-bond acceptors (Lipinski definition) is 7. The highest BCUT2D eigenvalue weighted by Crippen LogP contribution is 2.39. The number of halogens is 1. The van der Waals surface area contributed by atoms with Crippen molar-refractivity contribution in [2.24, 2.45) is 0 Å². The molecule has 2 aromatic rings. The number of hydrogen-bond donors (Lipinski definition) is 0. The molecule has 1 aliphatic rings. The molecule has 3 rings (SSSR count). The molecule has 31 heavy (non-hydrogen) atoms. The number of nitrogens with zero attached hydrogens (tertiary/aromatic N) is 2. The number of aromatic nitrogens is 1. The van der Waals surface area contributed by atoms with Gasteiger partial charge in [-0.15, -0.1) is 0 Å². The normalized spacial score (nSPS) is 14.9. The molecule has 0 bridgehead atoms. The smallest absolute Gasteiger partial charge is 0.340 e. The van der Waals surface area contributed by atoms with Crippen molar-refractivity contribution in [1.82, 2.24) is 9.88 Å². The van der Waals surface area contributed by atoms with Crippen LogP contribution in [0.1, 0.15) is 47.3 Å². The molecule has 1 saturated heterocycles. The lowest BCUT2D eigenvalue weighted by Gasteiger charge is -2.32. The maximum Gasteiger partial charge on any atom is 0.340 e. The Morgan fingerprint density at radius 3 is 2.29 bits per heavy atom. The summed E-state index contributed by atoms with van der Waals surface area (Å²) in [6.07, 6.45) is 3.39. The lowest BCUT2D eigenvalue weighted by Crippen LogP contribution is -2.33. The Kier molecular flexibility index (Phi) is 7.98. The predicted octanol–water partition coefficient (Wildman–Crippen LogP) is 4.32. The number of methoxy groups -OCH3 is 3. The van der Waals surface area contributed by atoms with E-state index in [4.69, 9.17) is 30.5 Å². The zero-order valence-corrected chi connectivity index (χ0v) is 19.2. The van der Waals surface area contributed by atoms with Crippen molar-refractivity contribution in [3.63, 3.8) is 0 Å². The number of likely N-dealkylation sites (tertiary alicyclic amines) is 1. The van der Waals surface area contributed by atoms with Crippen LogP contribution >= 0.6 is 11.6 Å². The fourth-order valence-corrected chi connectivity index (χ4v) is 4.15. The topological polar surface area (TPSA) is 70.1 Å². The fourth-order valence-electron chi connectivity index (χ4n) is 4.00. The molecule has 0 unspecified atom stereocenters. The first-order valence-corrected chi connectivity index (χ1v) is 10.7. The van der Waals surface area contributed by atoms with Crippen LogP contribution in [0, 0.1) is 0 Å². The van der Waals surface area contributed by atoms with Gasteiger partial charge in [-0.05, 0) is 56.6 Å². The van der Waals surface area contributed by atoms with E-state index in [1.807, 2.05) is 12.1 Å². The summed E-state index contributed by atoms with van der Waals surface area (Å²) >= 11 is 6.08. The lowest BCUT2D eigenvalue weighted by atomic mass is 9.90. The SMILES string of the molecule is CCOC(=O)c1cc(Cl)cnc1C1CCN(Cc2cc(OC)c(OC)c(OC)c2)CC1. The molecule has 1 aliphatic heterocycles. The lowest BCUT2D eigenvalue weighted by molar-refractivity contribution is 0.0523. The third-order valence-electron chi connectivity index (χ3n) is 5.49. The second-order valence-corrected chi connectivity index (χ2v) is 7.83. The Labute approximate surface area is 188 Å². The maximum atomic E-state index is 12.4. The van der Waals surface area contributed by atoms with E-state index in [2.05, 4.69) is 9.88 Å². The number of rotatable bonds is 8. The number of ether oxygens (including phenoxy) is 4. The van der Waals surface area contributed by atoms with Gasteiger partial charge < -0.3 is 18.9 Å². The van der Waals surface area contributed by atoms with E-state index in [1.54, 1.807) is 40.5 Å².